The number of fused-ring (bicyclic) bond motifs is 2. The van der Waals surface area contributed by atoms with E-state index in [1.165, 1.54) is 29.5 Å². The van der Waals surface area contributed by atoms with Crippen LogP contribution in [0.4, 0.5) is 24.3 Å². The van der Waals surface area contributed by atoms with Crippen molar-refractivity contribution in [1.82, 2.24) is 14.5 Å². The smallest absolute Gasteiger partial charge is 0.406 e. The maximum absolute atomic E-state index is 12.5. The number of nitrogens with one attached hydrogen (secondary N) is 1. The number of halogens is 3. The summed E-state index contributed by atoms with van der Waals surface area (Å²) in [5, 5.41) is 12.0. The van der Waals surface area contributed by atoms with Crippen molar-refractivity contribution in [2.45, 2.75) is 25.6 Å². The Morgan fingerprint density at radius 2 is 2.00 bits per heavy atom. The summed E-state index contributed by atoms with van der Waals surface area (Å²) in [7, 11) is 1.81. The summed E-state index contributed by atoms with van der Waals surface area (Å²) in [6.45, 7) is 0.775. The summed E-state index contributed by atoms with van der Waals surface area (Å²) in [5.41, 5.74) is 2.48. The Kier molecular flexibility index (Phi) is 7.18. The van der Waals surface area contributed by atoms with Crippen LogP contribution < -0.4 is 10.1 Å². The van der Waals surface area contributed by atoms with E-state index in [0.29, 0.717) is 64.9 Å². The highest BCUT2D eigenvalue weighted by Gasteiger charge is 2.31. The molecule has 1 N–H and O–H groups in total. The molecule has 0 fully saturated rings. The van der Waals surface area contributed by atoms with Gasteiger partial charge in [0.1, 0.15) is 5.75 Å². The van der Waals surface area contributed by atoms with Crippen molar-refractivity contribution in [2.75, 3.05) is 18.5 Å². The number of aryl methyl sites for hydroxylation is 1. The van der Waals surface area contributed by atoms with E-state index < -0.39 is 6.36 Å². The molecular weight excluding hydrogens is 483 g/mol. The van der Waals surface area contributed by atoms with Crippen molar-refractivity contribution in [3.05, 3.63) is 42.0 Å². The highest BCUT2D eigenvalue weighted by molar-refractivity contribution is 7.22. The zero-order valence-electron chi connectivity index (χ0n) is 18.6. The van der Waals surface area contributed by atoms with Crippen molar-refractivity contribution >= 4 is 49.4 Å². The van der Waals surface area contributed by atoms with Gasteiger partial charge in [0.15, 0.2) is 10.9 Å². The number of ether oxygens (including phenoxy) is 2. The van der Waals surface area contributed by atoms with E-state index in [4.69, 9.17) is 10.00 Å². The minimum absolute atomic E-state index is 0.0287. The third-order valence-corrected chi connectivity index (χ3v) is 6.00. The number of ketones is 1. The maximum Gasteiger partial charge on any atom is 0.573 e. The van der Waals surface area contributed by atoms with Gasteiger partial charge in [0, 0.05) is 31.7 Å². The number of imidazole rings is 1. The van der Waals surface area contributed by atoms with Gasteiger partial charge in [-0.15, -0.1) is 13.2 Å². The number of benzene rings is 2. The number of Topliss-reactive ketones (excluding diaryl/α,β-unsaturated/α-hetero) is 1. The average Bonchev–Trinajstić information content (AvgIpc) is 3.34. The number of carbonyl (C=O) groups excluding carboxylic acids is 1. The molecule has 2 aromatic heterocycles. The van der Waals surface area contributed by atoms with Crippen LogP contribution in [0.25, 0.3) is 21.3 Å². The molecule has 0 aliphatic heterocycles. The van der Waals surface area contributed by atoms with Gasteiger partial charge in [-0.25, -0.2) is 9.97 Å². The summed E-state index contributed by atoms with van der Waals surface area (Å²) in [5.74, 6) is 0.133. The fourth-order valence-electron chi connectivity index (χ4n) is 3.44. The number of aromatic nitrogens is 3. The van der Waals surface area contributed by atoms with Gasteiger partial charge in [-0.1, -0.05) is 11.3 Å². The molecule has 0 atom stereocenters. The number of carbonyl (C=O) groups is 1. The highest BCUT2D eigenvalue weighted by atomic mass is 32.1. The number of nitrogens with zero attached hydrogens (tertiary/aromatic N) is 4. The summed E-state index contributed by atoms with van der Waals surface area (Å²) < 4.78 is 49.0. The quantitative estimate of drug-likeness (QED) is 0.218. The number of thiazole rings is 1. The molecule has 0 amide bonds. The minimum Gasteiger partial charge on any atom is -0.406 e. The number of hydrogen-bond acceptors (Lipinski definition) is 8. The van der Waals surface area contributed by atoms with Gasteiger partial charge in [-0.05, 0) is 36.8 Å². The molecular formula is C23H20F3N5O3S. The van der Waals surface area contributed by atoms with Gasteiger partial charge in [0.2, 0.25) is 5.95 Å². The second-order valence-electron chi connectivity index (χ2n) is 7.57. The molecule has 0 saturated heterocycles. The van der Waals surface area contributed by atoms with Gasteiger partial charge < -0.3 is 19.4 Å². The Morgan fingerprint density at radius 1 is 1.17 bits per heavy atom. The molecule has 0 aliphatic carbocycles. The largest absolute Gasteiger partial charge is 0.573 e. The Labute approximate surface area is 201 Å². The lowest BCUT2D eigenvalue weighted by atomic mass is 10.1. The number of nitriles is 1. The molecule has 0 radical (unpaired) electrons. The van der Waals surface area contributed by atoms with Crippen LogP contribution in [0.15, 0.2) is 36.4 Å². The first-order valence-corrected chi connectivity index (χ1v) is 11.4. The van der Waals surface area contributed by atoms with Crippen LogP contribution in [0, 0.1) is 11.3 Å². The molecule has 0 saturated carbocycles. The van der Waals surface area contributed by atoms with Gasteiger partial charge >= 0.3 is 6.36 Å². The lowest BCUT2D eigenvalue weighted by Crippen LogP contribution is -2.16. The molecule has 0 bridgehead atoms. The van der Waals surface area contributed by atoms with Crippen LogP contribution in [0.5, 0.6) is 5.75 Å². The van der Waals surface area contributed by atoms with E-state index >= 15 is 0 Å². The predicted molar refractivity (Wildman–Crippen MR) is 125 cm³/mol. The second kappa shape index (κ2) is 10.3. The van der Waals surface area contributed by atoms with E-state index in [1.807, 2.05) is 12.1 Å². The Morgan fingerprint density at radius 3 is 2.77 bits per heavy atom. The van der Waals surface area contributed by atoms with E-state index in [1.54, 1.807) is 23.7 Å². The highest BCUT2D eigenvalue weighted by Crippen LogP contribution is 2.33. The number of rotatable bonds is 10. The zero-order valence-corrected chi connectivity index (χ0v) is 19.4. The Balaban J connectivity index is 1.46. The van der Waals surface area contributed by atoms with Crippen molar-refractivity contribution in [2.24, 2.45) is 7.05 Å². The Bertz CT molecular complexity index is 1410. The normalized spacial score (nSPS) is 11.6. The molecule has 12 heteroatoms. The van der Waals surface area contributed by atoms with Crippen molar-refractivity contribution < 1.29 is 27.4 Å². The molecule has 8 nitrogen and oxygen atoms in total. The van der Waals surface area contributed by atoms with Crippen LogP contribution in [0.1, 0.15) is 29.6 Å². The first-order valence-electron chi connectivity index (χ1n) is 10.6. The van der Waals surface area contributed by atoms with Gasteiger partial charge in [-0.2, -0.15) is 5.26 Å². The molecule has 35 heavy (non-hydrogen) atoms. The lowest BCUT2D eigenvalue weighted by Gasteiger charge is -2.07. The summed E-state index contributed by atoms with van der Waals surface area (Å²) in [6, 6.07) is 11.2. The first kappa shape index (κ1) is 24.4. The van der Waals surface area contributed by atoms with Crippen LogP contribution in [-0.4, -0.2) is 39.9 Å². The third-order valence-electron chi connectivity index (χ3n) is 5.07. The van der Waals surface area contributed by atoms with Gasteiger partial charge in [0.05, 0.1) is 40.3 Å². The monoisotopic (exact) mass is 503 g/mol. The van der Waals surface area contributed by atoms with Crippen LogP contribution in [0.2, 0.25) is 0 Å². The summed E-state index contributed by atoms with van der Waals surface area (Å²) in [6.07, 6.45) is -3.56. The van der Waals surface area contributed by atoms with Gasteiger partial charge in [0.25, 0.3) is 0 Å². The predicted octanol–water partition coefficient (Wildman–Crippen LogP) is 5.72. The topological polar surface area (TPSA) is 102 Å². The van der Waals surface area contributed by atoms with Crippen LogP contribution in [0.3, 0.4) is 0 Å². The SMILES string of the molecule is Cn1c(Nc2nc3ccc(OC(F)(F)F)cc3s2)nc2cc(C(=O)CCCOCCC#N)ccc21. The van der Waals surface area contributed by atoms with E-state index in [9.17, 15) is 18.0 Å². The van der Waals surface area contributed by atoms with E-state index in [2.05, 4.69) is 20.0 Å². The van der Waals surface area contributed by atoms with Crippen molar-refractivity contribution in [3.63, 3.8) is 0 Å². The second-order valence-corrected chi connectivity index (χ2v) is 8.60. The average molecular weight is 504 g/mol. The van der Waals surface area contributed by atoms with E-state index in [0.717, 1.165) is 5.52 Å². The molecule has 4 aromatic rings. The third kappa shape index (κ3) is 6.06. The first-order chi connectivity index (χ1) is 16.7. The molecule has 4 rings (SSSR count). The number of alkyl halides is 3. The molecule has 182 valence electrons. The Hall–Kier alpha value is -3.69. The fourth-order valence-corrected chi connectivity index (χ4v) is 4.32. The molecule has 0 spiro atoms. The van der Waals surface area contributed by atoms with Crippen molar-refractivity contribution in [3.8, 4) is 11.8 Å². The summed E-state index contributed by atoms with van der Waals surface area (Å²) in [4.78, 5) is 21.5. The number of anilines is 2. The molecule has 2 heterocycles. The van der Waals surface area contributed by atoms with Crippen LogP contribution in [-0.2, 0) is 11.8 Å². The molecule has 2 aromatic carbocycles. The number of hydrogen-bond donors (Lipinski definition) is 1. The lowest BCUT2D eigenvalue weighted by molar-refractivity contribution is -0.274. The fraction of sp³-hybridized carbons (Fsp3) is 0.304. The maximum atomic E-state index is 12.5. The van der Waals surface area contributed by atoms with Gasteiger partial charge in [-0.3, -0.25) is 4.79 Å². The van der Waals surface area contributed by atoms with Crippen LogP contribution >= 0.6 is 11.3 Å². The van der Waals surface area contributed by atoms with E-state index in [-0.39, 0.29) is 11.5 Å². The molecule has 0 aliphatic rings. The standard InChI is InChI=1S/C23H20F3N5O3S/c1-31-18-8-5-14(19(32)4-2-10-33-11-3-9-27)12-17(18)28-21(31)30-22-29-16-7-6-15(13-20(16)35-22)34-23(24,25)26/h5-8,12-13H,2-4,10-11H2,1H3,(H,28,29,30). The summed E-state index contributed by atoms with van der Waals surface area (Å²) >= 11 is 1.17. The zero-order chi connectivity index (χ0) is 25.0. The minimum atomic E-state index is -4.77. The molecule has 0 unspecified atom stereocenters. The van der Waals surface area contributed by atoms with Crippen molar-refractivity contribution in [1.29, 1.82) is 5.26 Å².